The number of nitrogens with zero attached hydrogens (tertiary/aromatic N) is 5. The van der Waals surface area contributed by atoms with Gasteiger partial charge in [-0.3, -0.25) is 10.1 Å². The maximum atomic E-state index is 12.9. The molecule has 1 saturated heterocycles. The molecular weight excluding hydrogens is 639 g/mol. The topological polar surface area (TPSA) is 144 Å². The van der Waals surface area contributed by atoms with Crippen molar-refractivity contribution in [2.24, 2.45) is 0 Å². The second kappa shape index (κ2) is 13.2. The van der Waals surface area contributed by atoms with Crippen LogP contribution in [0.4, 0.5) is 28.9 Å². The number of carboxylic acid groups (broad SMARTS) is 1. The third-order valence-corrected chi connectivity index (χ3v) is 8.43. The van der Waals surface area contributed by atoms with E-state index in [0.717, 1.165) is 17.7 Å². The average Bonchev–Trinajstić information content (AvgIpc) is 3.67. The number of aromatic nitrogens is 4. The maximum absolute atomic E-state index is 12.9. The molecule has 16 heteroatoms. The quantitative estimate of drug-likeness (QED) is 0.159. The number of pyridine rings is 1. The Labute approximate surface area is 269 Å². The van der Waals surface area contributed by atoms with Crippen molar-refractivity contribution in [2.45, 2.75) is 31.6 Å². The minimum absolute atomic E-state index is 0.169. The molecule has 0 unspecified atom stereocenters. The molecule has 1 atom stereocenters. The van der Waals surface area contributed by atoms with E-state index >= 15 is 0 Å². The van der Waals surface area contributed by atoms with Gasteiger partial charge in [0, 0.05) is 37.0 Å². The number of carbonyl (C=O) groups is 2. The highest BCUT2D eigenvalue weighted by atomic mass is 32.1. The lowest BCUT2D eigenvalue weighted by Crippen LogP contribution is -2.44. The SMILES string of the molecule is COc1ccc(Cn2nc(N[C@@H]3CCCN(C(=O)O)C3)c3c(Oc4ccc(C(=O)Nc5ncc(C(F)(F)F)s5)cc4)ccnc32)cc1. The van der Waals surface area contributed by atoms with Crippen LogP contribution < -0.4 is 20.1 Å². The number of amides is 2. The first-order valence-electron chi connectivity index (χ1n) is 14.4. The first-order chi connectivity index (χ1) is 22.6. The van der Waals surface area contributed by atoms with Gasteiger partial charge in [-0.2, -0.15) is 18.3 Å². The van der Waals surface area contributed by atoms with Gasteiger partial charge < -0.3 is 24.8 Å². The number of thiazole rings is 1. The van der Waals surface area contributed by atoms with E-state index < -0.39 is 23.1 Å². The van der Waals surface area contributed by atoms with Gasteiger partial charge in [0.15, 0.2) is 16.6 Å². The Morgan fingerprint density at radius 1 is 1.06 bits per heavy atom. The standard InChI is InChI=1S/C31H28F3N7O5S/c1-45-21-8-4-18(5-9-21)16-41-27-25(26(39-41)37-20-3-2-14-40(17-20)30(43)44)23(12-13-35-27)46-22-10-6-19(7-11-22)28(42)38-29-36-15-24(47-29)31(32,33)34/h4-13,15,20H,2-3,14,16-17H2,1H3,(H,37,39)(H,43,44)(H,36,38,42)/t20-/m1/s1. The molecule has 1 aliphatic heterocycles. The first kappa shape index (κ1) is 31.6. The van der Waals surface area contributed by atoms with E-state index in [1.807, 2.05) is 24.3 Å². The van der Waals surface area contributed by atoms with Crippen molar-refractivity contribution in [3.05, 3.63) is 83.0 Å². The third-order valence-electron chi connectivity index (χ3n) is 7.47. The minimum atomic E-state index is -4.55. The van der Waals surface area contributed by atoms with Crippen molar-refractivity contribution >= 4 is 45.3 Å². The van der Waals surface area contributed by atoms with E-state index in [0.29, 0.717) is 71.9 Å². The summed E-state index contributed by atoms with van der Waals surface area (Å²) in [7, 11) is 1.59. The van der Waals surface area contributed by atoms with Crippen LogP contribution >= 0.6 is 11.3 Å². The highest BCUT2D eigenvalue weighted by Gasteiger charge is 2.33. The van der Waals surface area contributed by atoms with E-state index in [1.54, 1.807) is 36.2 Å². The Kier molecular flexibility index (Phi) is 8.84. The van der Waals surface area contributed by atoms with Crippen molar-refractivity contribution in [1.29, 1.82) is 0 Å². The minimum Gasteiger partial charge on any atom is -0.497 e. The Morgan fingerprint density at radius 2 is 1.81 bits per heavy atom. The van der Waals surface area contributed by atoms with Crippen molar-refractivity contribution in [1.82, 2.24) is 24.6 Å². The molecular formula is C31H28F3N7O5S. The highest BCUT2D eigenvalue weighted by Crippen LogP contribution is 2.37. The zero-order chi connectivity index (χ0) is 33.1. The molecule has 2 aromatic carbocycles. The van der Waals surface area contributed by atoms with Crippen LogP contribution in [0.2, 0.25) is 0 Å². The lowest BCUT2D eigenvalue weighted by atomic mass is 10.1. The van der Waals surface area contributed by atoms with Gasteiger partial charge >= 0.3 is 12.3 Å². The first-order valence-corrected chi connectivity index (χ1v) is 15.2. The molecule has 1 fully saturated rings. The molecule has 6 rings (SSSR count). The molecule has 0 spiro atoms. The number of methoxy groups -OCH3 is 1. The number of likely N-dealkylation sites (tertiary alicyclic amines) is 1. The summed E-state index contributed by atoms with van der Waals surface area (Å²) in [5, 5.41) is 20.6. The Hall–Kier alpha value is -5.38. The average molecular weight is 668 g/mol. The molecule has 12 nitrogen and oxygen atoms in total. The van der Waals surface area contributed by atoms with E-state index in [2.05, 4.69) is 20.6 Å². The highest BCUT2D eigenvalue weighted by molar-refractivity contribution is 7.15. The lowest BCUT2D eigenvalue weighted by Gasteiger charge is -2.31. The van der Waals surface area contributed by atoms with Crippen molar-refractivity contribution in [2.75, 3.05) is 30.8 Å². The van der Waals surface area contributed by atoms with E-state index in [1.165, 1.54) is 17.0 Å². The number of rotatable bonds is 9. The van der Waals surface area contributed by atoms with Gasteiger partial charge in [0.2, 0.25) is 0 Å². The van der Waals surface area contributed by atoms with Crippen LogP contribution in [-0.2, 0) is 12.7 Å². The maximum Gasteiger partial charge on any atom is 0.427 e. The number of hydrogen-bond donors (Lipinski definition) is 3. The van der Waals surface area contributed by atoms with Crippen LogP contribution in [0.3, 0.4) is 0 Å². The summed E-state index contributed by atoms with van der Waals surface area (Å²) >= 11 is 0.338. The molecule has 0 radical (unpaired) electrons. The van der Waals surface area contributed by atoms with Gasteiger partial charge in [-0.15, -0.1) is 0 Å². The summed E-state index contributed by atoms with van der Waals surface area (Å²) in [6, 6.07) is 15.1. The van der Waals surface area contributed by atoms with Gasteiger partial charge in [0.25, 0.3) is 5.91 Å². The molecule has 3 aromatic heterocycles. The fraction of sp³-hybridized carbons (Fsp3) is 0.258. The third kappa shape index (κ3) is 7.22. The van der Waals surface area contributed by atoms with Crippen LogP contribution in [0, 0.1) is 0 Å². The summed E-state index contributed by atoms with van der Waals surface area (Å²) in [6.45, 7) is 1.14. The van der Waals surface area contributed by atoms with Gasteiger partial charge in [0.05, 0.1) is 19.9 Å². The van der Waals surface area contributed by atoms with Crippen LogP contribution in [0.15, 0.2) is 67.0 Å². The van der Waals surface area contributed by atoms with E-state index in [4.69, 9.17) is 14.6 Å². The van der Waals surface area contributed by atoms with Crippen LogP contribution in [-0.4, -0.2) is 68.0 Å². The number of anilines is 2. The molecule has 5 aromatic rings. The Morgan fingerprint density at radius 3 is 2.49 bits per heavy atom. The Bertz CT molecular complexity index is 1890. The smallest absolute Gasteiger partial charge is 0.427 e. The Balaban J connectivity index is 1.26. The molecule has 3 N–H and O–H groups in total. The van der Waals surface area contributed by atoms with E-state index in [9.17, 15) is 27.9 Å². The lowest BCUT2D eigenvalue weighted by molar-refractivity contribution is -0.134. The number of hydrogen-bond acceptors (Lipinski definition) is 9. The molecule has 4 heterocycles. The van der Waals surface area contributed by atoms with Crippen LogP contribution in [0.1, 0.15) is 33.6 Å². The summed E-state index contributed by atoms with van der Waals surface area (Å²) < 4.78 is 51.9. The second-order valence-electron chi connectivity index (χ2n) is 10.7. The van der Waals surface area contributed by atoms with E-state index in [-0.39, 0.29) is 16.7 Å². The van der Waals surface area contributed by atoms with Crippen molar-refractivity contribution in [3.8, 4) is 17.2 Å². The van der Waals surface area contributed by atoms with Gasteiger partial charge in [-0.1, -0.05) is 23.5 Å². The molecule has 1 aliphatic rings. The number of nitrogens with one attached hydrogen (secondary N) is 2. The normalized spacial score (nSPS) is 15.0. The summed E-state index contributed by atoms with van der Waals surface area (Å²) in [6.07, 6.45) is -1.82. The molecule has 244 valence electrons. The molecule has 0 aliphatic carbocycles. The molecule has 0 saturated carbocycles. The second-order valence-corrected chi connectivity index (χ2v) is 11.7. The van der Waals surface area contributed by atoms with Crippen molar-refractivity contribution in [3.63, 3.8) is 0 Å². The molecule has 2 amide bonds. The monoisotopic (exact) mass is 667 g/mol. The largest absolute Gasteiger partial charge is 0.497 e. The predicted molar refractivity (Wildman–Crippen MR) is 167 cm³/mol. The predicted octanol–water partition coefficient (Wildman–Crippen LogP) is 6.56. The van der Waals surface area contributed by atoms with Crippen LogP contribution in [0.25, 0.3) is 11.0 Å². The fourth-order valence-electron chi connectivity index (χ4n) is 5.17. The number of piperidine rings is 1. The number of alkyl halides is 3. The number of benzene rings is 2. The number of halogens is 3. The molecule has 47 heavy (non-hydrogen) atoms. The van der Waals surface area contributed by atoms with Crippen molar-refractivity contribution < 1.29 is 37.3 Å². The van der Waals surface area contributed by atoms with Crippen LogP contribution in [0.5, 0.6) is 17.2 Å². The summed E-state index contributed by atoms with van der Waals surface area (Å²) in [5.74, 6) is 1.37. The summed E-state index contributed by atoms with van der Waals surface area (Å²) in [4.78, 5) is 33.0. The number of fused-ring (bicyclic) bond motifs is 1. The van der Waals surface area contributed by atoms with Gasteiger partial charge in [-0.05, 0) is 54.8 Å². The van der Waals surface area contributed by atoms with Gasteiger partial charge in [0.1, 0.15) is 27.5 Å². The number of carbonyl (C=O) groups excluding carboxylic acids is 1. The van der Waals surface area contributed by atoms with Gasteiger partial charge in [-0.25, -0.2) is 19.4 Å². The number of ether oxygens (including phenoxy) is 2. The zero-order valence-corrected chi connectivity index (χ0v) is 25.6. The molecule has 0 bridgehead atoms. The fourth-order valence-corrected chi connectivity index (χ4v) is 5.84. The summed E-state index contributed by atoms with van der Waals surface area (Å²) in [5.41, 5.74) is 1.67. The zero-order valence-electron chi connectivity index (χ0n) is 24.8.